The molecule has 0 unspecified atom stereocenters. The van der Waals surface area contributed by atoms with Gasteiger partial charge in [0.05, 0.1) is 20.8 Å². The molecule has 6 nitrogen and oxygen atoms in total. The Morgan fingerprint density at radius 1 is 0.912 bits per heavy atom. The molecule has 0 saturated heterocycles. The maximum absolute atomic E-state index is 13.0. The second kappa shape index (κ2) is 10.2. The third kappa shape index (κ3) is 4.78. The second-order valence-electron chi connectivity index (χ2n) is 8.26. The molecule has 34 heavy (non-hydrogen) atoms. The van der Waals surface area contributed by atoms with Crippen LogP contribution in [-0.4, -0.2) is 35.7 Å². The highest BCUT2D eigenvalue weighted by Crippen LogP contribution is 2.38. The molecule has 1 aliphatic carbocycles. The number of anilines is 2. The molecule has 0 aromatic heterocycles. The van der Waals surface area contributed by atoms with Crippen molar-refractivity contribution in [3.63, 3.8) is 0 Å². The zero-order chi connectivity index (χ0) is 24.6. The molecule has 1 saturated carbocycles. The molecular weight excluding hydrogens is 520 g/mol. The Balaban J connectivity index is 1.50. The van der Waals surface area contributed by atoms with E-state index in [1.54, 1.807) is 29.2 Å². The molecular formula is C24H21Cl4N3O3. The first kappa shape index (κ1) is 24.9. The van der Waals surface area contributed by atoms with Crippen LogP contribution in [0, 0.1) is 0 Å². The quantitative estimate of drug-likeness (QED) is 0.347. The number of halogens is 4. The highest BCUT2D eigenvalue weighted by molar-refractivity contribution is 6.54. The van der Waals surface area contributed by atoms with Crippen molar-refractivity contribution < 1.29 is 14.4 Å². The fourth-order valence-electron chi connectivity index (χ4n) is 4.19. The predicted molar refractivity (Wildman–Crippen MR) is 136 cm³/mol. The zero-order valence-electron chi connectivity index (χ0n) is 18.2. The summed E-state index contributed by atoms with van der Waals surface area (Å²) in [5, 5.41) is 3.00. The average Bonchev–Trinajstić information content (AvgIpc) is 3.04. The van der Waals surface area contributed by atoms with Gasteiger partial charge < -0.3 is 10.2 Å². The Morgan fingerprint density at radius 2 is 1.53 bits per heavy atom. The summed E-state index contributed by atoms with van der Waals surface area (Å²) in [7, 11) is 1.83. The summed E-state index contributed by atoms with van der Waals surface area (Å²) in [6.07, 6.45) is 5.53. The van der Waals surface area contributed by atoms with Crippen LogP contribution in [0.2, 0.25) is 15.1 Å². The van der Waals surface area contributed by atoms with Crippen LogP contribution in [-0.2, 0) is 9.59 Å². The van der Waals surface area contributed by atoms with Crippen molar-refractivity contribution in [1.29, 1.82) is 0 Å². The van der Waals surface area contributed by atoms with Crippen molar-refractivity contribution in [3.05, 3.63) is 67.8 Å². The molecule has 0 radical (unpaired) electrons. The number of carbonyl (C=O) groups is 3. The Morgan fingerprint density at radius 3 is 2.18 bits per heavy atom. The van der Waals surface area contributed by atoms with E-state index in [0.29, 0.717) is 11.3 Å². The second-order valence-corrected chi connectivity index (χ2v) is 9.86. The summed E-state index contributed by atoms with van der Waals surface area (Å²) in [6.45, 7) is 0. The number of benzene rings is 2. The maximum atomic E-state index is 13.0. The number of imide groups is 1. The van der Waals surface area contributed by atoms with Crippen LogP contribution >= 0.6 is 46.4 Å². The molecule has 3 amide bonds. The van der Waals surface area contributed by atoms with Crippen molar-refractivity contribution in [1.82, 2.24) is 4.90 Å². The highest BCUT2D eigenvalue weighted by atomic mass is 35.5. The molecule has 1 aliphatic heterocycles. The van der Waals surface area contributed by atoms with E-state index >= 15 is 0 Å². The Kier molecular flexibility index (Phi) is 7.43. The minimum absolute atomic E-state index is 0.0525. The van der Waals surface area contributed by atoms with E-state index < -0.39 is 11.8 Å². The van der Waals surface area contributed by atoms with Gasteiger partial charge in [0.15, 0.2) is 0 Å². The first-order chi connectivity index (χ1) is 16.2. The lowest BCUT2D eigenvalue weighted by Crippen LogP contribution is -2.38. The smallest absolute Gasteiger partial charge is 0.283 e. The summed E-state index contributed by atoms with van der Waals surface area (Å²) >= 11 is 24.4. The zero-order valence-corrected chi connectivity index (χ0v) is 21.2. The molecule has 0 spiro atoms. The molecule has 178 valence electrons. The van der Waals surface area contributed by atoms with Gasteiger partial charge in [0.1, 0.15) is 10.7 Å². The van der Waals surface area contributed by atoms with E-state index in [4.69, 9.17) is 46.4 Å². The van der Waals surface area contributed by atoms with Crippen LogP contribution in [0.3, 0.4) is 0 Å². The minimum Gasteiger partial charge on any atom is -0.350 e. The van der Waals surface area contributed by atoms with Gasteiger partial charge in [0, 0.05) is 24.3 Å². The summed E-state index contributed by atoms with van der Waals surface area (Å²) in [6, 6.07) is 9.60. The molecule has 1 N–H and O–H groups in total. The lowest BCUT2D eigenvalue weighted by atomic mass is 9.94. The van der Waals surface area contributed by atoms with Crippen molar-refractivity contribution >= 4 is 75.5 Å². The van der Waals surface area contributed by atoms with Crippen LogP contribution in [0.1, 0.15) is 42.5 Å². The van der Waals surface area contributed by atoms with Gasteiger partial charge in [0.25, 0.3) is 17.7 Å². The largest absolute Gasteiger partial charge is 0.350 e. The number of carbonyl (C=O) groups excluding carboxylic acids is 3. The number of amides is 3. The normalized spacial score (nSPS) is 16.9. The SMILES string of the molecule is CN(C(=O)c1ccc(NC2=C(Cl)C(=O)N(c3cc(Cl)c(Cl)cc3Cl)C2=O)cc1)C1CCCCC1. The van der Waals surface area contributed by atoms with Gasteiger partial charge in [0.2, 0.25) is 0 Å². The fourth-order valence-corrected chi connectivity index (χ4v) is 5.03. The van der Waals surface area contributed by atoms with E-state index in [1.165, 1.54) is 18.6 Å². The van der Waals surface area contributed by atoms with Gasteiger partial charge in [-0.25, -0.2) is 4.90 Å². The molecule has 4 rings (SSSR count). The van der Waals surface area contributed by atoms with Crippen molar-refractivity contribution in [2.24, 2.45) is 0 Å². The summed E-state index contributed by atoms with van der Waals surface area (Å²) in [4.78, 5) is 41.3. The first-order valence-electron chi connectivity index (χ1n) is 10.8. The van der Waals surface area contributed by atoms with E-state index in [-0.39, 0.29) is 43.4 Å². The molecule has 2 aliphatic rings. The Bertz CT molecular complexity index is 1190. The summed E-state index contributed by atoms with van der Waals surface area (Å²) in [5.74, 6) is -1.48. The van der Waals surface area contributed by atoms with E-state index in [2.05, 4.69) is 5.32 Å². The maximum Gasteiger partial charge on any atom is 0.283 e. The van der Waals surface area contributed by atoms with Crippen molar-refractivity contribution in [2.45, 2.75) is 38.1 Å². The van der Waals surface area contributed by atoms with Gasteiger partial charge >= 0.3 is 0 Å². The van der Waals surface area contributed by atoms with Crippen LogP contribution in [0.25, 0.3) is 0 Å². The third-order valence-electron chi connectivity index (χ3n) is 6.10. The molecule has 10 heteroatoms. The fraction of sp³-hybridized carbons (Fsp3) is 0.292. The van der Waals surface area contributed by atoms with Crippen molar-refractivity contribution in [3.8, 4) is 0 Å². The van der Waals surface area contributed by atoms with E-state index in [1.807, 2.05) is 7.05 Å². The van der Waals surface area contributed by atoms with E-state index in [0.717, 1.165) is 30.6 Å². The molecule has 1 heterocycles. The summed E-state index contributed by atoms with van der Waals surface area (Å²) < 4.78 is 0. The summed E-state index contributed by atoms with van der Waals surface area (Å²) in [5.41, 5.74) is 1.00. The molecule has 2 aromatic carbocycles. The number of hydrogen-bond donors (Lipinski definition) is 1. The highest BCUT2D eigenvalue weighted by Gasteiger charge is 2.40. The third-order valence-corrected chi connectivity index (χ3v) is 7.48. The lowest BCUT2D eigenvalue weighted by Gasteiger charge is -2.31. The van der Waals surface area contributed by atoms with Crippen molar-refractivity contribution in [2.75, 3.05) is 17.3 Å². The first-order valence-corrected chi connectivity index (χ1v) is 12.3. The topological polar surface area (TPSA) is 69.7 Å². The average molecular weight is 541 g/mol. The van der Waals surface area contributed by atoms with Crippen LogP contribution in [0.5, 0.6) is 0 Å². The van der Waals surface area contributed by atoms with Gasteiger partial charge in [-0.15, -0.1) is 0 Å². The van der Waals surface area contributed by atoms with Gasteiger partial charge in [-0.2, -0.15) is 0 Å². The van der Waals surface area contributed by atoms with Gasteiger partial charge in [-0.1, -0.05) is 65.7 Å². The number of rotatable bonds is 5. The van der Waals surface area contributed by atoms with Crippen LogP contribution in [0.15, 0.2) is 47.1 Å². The number of nitrogens with one attached hydrogen (secondary N) is 1. The lowest BCUT2D eigenvalue weighted by molar-refractivity contribution is -0.120. The predicted octanol–water partition coefficient (Wildman–Crippen LogP) is 6.49. The van der Waals surface area contributed by atoms with Gasteiger partial charge in [-0.05, 0) is 49.2 Å². The molecule has 1 fully saturated rings. The molecule has 0 bridgehead atoms. The Labute approximate surface area is 217 Å². The molecule has 2 aromatic rings. The van der Waals surface area contributed by atoms with Gasteiger partial charge in [-0.3, -0.25) is 14.4 Å². The monoisotopic (exact) mass is 539 g/mol. The standard InChI is InChI=1S/C24H21Cl4N3O3/c1-30(15-5-3-2-4-6-15)22(32)13-7-9-14(10-8-13)29-21-20(28)23(33)31(24(21)34)19-12-17(26)16(25)11-18(19)27/h7-12,15,29H,2-6H2,1H3. The number of hydrogen-bond acceptors (Lipinski definition) is 4. The van der Waals surface area contributed by atoms with Crippen LogP contribution < -0.4 is 10.2 Å². The molecule has 0 atom stereocenters. The minimum atomic E-state index is -0.740. The van der Waals surface area contributed by atoms with E-state index in [9.17, 15) is 14.4 Å². The Hall–Kier alpha value is -2.25. The van der Waals surface area contributed by atoms with Crippen LogP contribution in [0.4, 0.5) is 11.4 Å². The number of nitrogens with zero attached hydrogens (tertiary/aromatic N) is 2.